The minimum Gasteiger partial charge on any atom is -0.332 e. The number of amides is 2. The maximum Gasteiger partial charge on any atom is 0.255 e. The number of rotatable bonds is 5. The van der Waals surface area contributed by atoms with Crippen molar-refractivity contribution < 1.29 is 9.59 Å². The molecule has 3 aromatic heterocycles. The number of nitrogens with zero attached hydrogens (tertiary/aromatic N) is 3. The third kappa shape index (κ3) is 4.19. The van der Waals surface area contributed by atoms with Crippen LogP contribution in [0.5, 0.6) is 0 Å². The van der Waals surface area contributed by atoms with Gasteiger partial charge < -0.3 is 15.2 Å². The molecule has 0 spiro atoms. The van der Waals surface area contributed by atoms with Gasteiger partial charge in [-0.2, -0.15) is 0 Å². The van der Waals surface area contributed by atoms with Crippen LogP contribution in [0.3, 0.4) is 0 Å². The molecule has 9 heteroatoms. The topological polar surface area (TPSA) is 108 Å². The first-order valence-electron chi connectivity index (χ1n) is 7.63. The average Bonchev–Trinajstić information content (AvgIpc) is 3.10. The Morgan fingerprint density at radius 3 is 2.85 bits per heavy atom. The molecule has 0 aliphatic carbocycles. The van der Waals surface area contributed by atoms with E-state index in [0.717, 1.165) is 11.3 Å². The molecule has 3 rings (SSSR count). The number of carbonyl (C=O) groups is 2. The number of hydrogen-bond donors (Lipinski definition) is 2. The maximum absolute atomic E-state index is 12.2. The van der Waals surface area contributed by atoms with Gasteiger partial charge in [-0.15, -0.1) is 11.3 Å². The molecule has 132 valence electrons. The van der Waals surface area contributed by atoms with Crippen molar-refractivity contribution in [2.45, 2.75) is 0 Å². The predicted octanol–water partition coefficient (Wildman–Crippen LogP) is 1.60. The van der Waals surface area contributed by atoms with Crippen LogP contribution in [0.25, 0.3) is 11.3 Å². The minimum atomic E-state index is -0.369. The fourth-order valence-corrected chi connectivity index (χ4v) is 2.92. The first-order chi connectivity index (χ1) is 12.5. The number of anilines is 1. The molecule has 0 radical (unpaired) electrons. The number of hydrogen-bond acceptors (Lipinski definition) is 6. The van der Waals surface area contributed by atoms with Gasteiger partial charge in [0.25, 0.3) is 5.91 Å². The third-order valence-electron chi connectivity index (χ3n) is 3.47. The van der Waals surface area contributed by atoms with Gasteiger partial charge in [0, 0.05) is 42.6 Å². The van der Waals surface area contributed by atoms with Gasteiger partial charge in [-0.25, -0.2) is 4.98 Å². The molecule has 26 heavy (non-hydrogen) atoms. The molecule has 8 nitrogen and oxygen atoms in total. The number of aromatic amines is 1. The molecule has 0 aliphatic heterocycles. The lowest BCUT2D eigenvalue weighted by molar-refractivity contribution is -0.116. The standard InChI is InChI=1S/C17H15N5O3S/c1-22(16(25)12-4-5-14(23)19-8-12)9-15(24)21-17-20-13(10-26-17)11-3-2-6-18-7-11/h2-8,10H,9H2,1H3,(H,19,23)(H,20,21,24). The molecule has 0 unspecified atom stereocenters. The predicted molar refractivity (Wildman–Crippen MR) is 98.0 cm³/mol. The van der Waals surface area contributed by atoms with Crippen LogP contribution in [0.4, 0.5) is 5.13 Å². The Balaban J connectivity index is 1.60. The number of thiazole rings is 1. The van der Waals surface area contributed by atoms with Crippen molar-refractivity contribution in [2.24, 2.45) is 0 Å². The van der Waals surface area contributed by atoms with Crippen molar-refractivity contribution in [3.63, 3.8) is 0 Å². The second kappa shape index (κ2) is 7.70. The van der Waals surface area contributed by atoms with Crippen LogP contribution in [-0.2, 0) is 4.79 Å². The summed E-state index contributed by atoms with van der Waals surface area (Å²) in [5.74, 6) is -0.732. The zero-order valence-electron chi connectivity index (χ0n) is 13.8. The zero-order chi connectivity index (χ0) is 18.5. The molecule has 0 atom stereocenters. The van der Waals surface area contributed by atoms with E-state index < -0.39 is 0 Å². The van der Waals surface area contributed by atoms with E-state index in [1.54, 1.807) is 12.4 Å². The van der Waals surface area contributed by atoms with E-state index in [9.17, 15) is 14.4 Å². The highest BCUT2D eigenvalue weighted by atomic mass is 32.1. The zero-order valence-corrected chi connectivity index (χ0v) is 14.6. The first kappa shape index (κ1) is 17.5. The Kier molecular flexibility index (Phi) is 5.18. The number of nitrogens with one attached hydrogen (secondary N) is 2. The van der Waals surface area contributed by atoms with Crippen molar-refractivity contribution in [3.8, 4) is 11.3 Å². The van der Waals surface area contributed by atoms with Crippen LogP contribution in [-0.4, -0.2) is 45.3 Å². The van der Waals surface area contributed by atoms with Crippen LogP contribution < -0.4 is 10.9 Å². The molecule has 0 aliphatic rings. The summed E-state index contributed by atoms with van der Waals surface area (Å²) in [6.07, 6.45) is 4.69. The van der Waals surface area contributed by atoms with Gasteiger partial charge in [-0.1, -0.05) is 0 Å². The van der Waals surface area contributed by atoms with Crippen LogP contribution in [0.2, 0.25) is 0 Å². The highest BCUT2D eigenvalue weighted by Crippen LogP contribution is 2.23. The highest BCUT2D eigenvalue weighted by molar-refractivity contribution is 7.14. The lowest BCUT2D eigenvalue weighted by Crippen LogP contribution is -2.35. The van der Waals surface area contributed by atoms with E-state index in [-0.39, 0.29) is 23.9 Å². The molecule has 0 fully saturated rings. The van der Waals surface area contributed by atoms with Gasteiger partial charge in [-0.05, 0) is 18.2 Å². The molecule has 3 aromatic rings. The fraction of sp³-hybridized carbons (Fsp3) is 0.118. The Bertz CT molecular complexity index is 963. The van der Waals surface area contributed by atoms with E-state index >= 15 is 0 Å². The maximum atomic E-state index is 12.2. The van der Waals surface area contributed by atoms with Gasteiger partial charge >= 0.3 is 0 Å². The molecule has 0 bridgehead atoms. The van der Waals surface area contributed by atoms with E-state index in [4.69, 9.17) is 0 Å². The first-order valence-corrected chi connectivity index (χ1v) is 8.51. The van der Waals surface area contributed by atoms with Crippen LogP contribution in [0, 0.1) is 0 Å². The Morgan fingerprint density at radius 2 is 2.15 bits per heavy atom. The molecule has 3 heterocycles. The number of pyridine rings is 2. The van der Waals surface area contributed by atoms with Gasteiger partial charge in [0.15, 0.2) is 5.13 Å². The molecule has 2 amide bonds. The Hall–Kier alpha value is -3.33. The van der Waals surface area contributed by atoms with E-state index in [1.807, 2.05) is 17.5 Å². The van der Waals surface area contributed by atoms with E-state index in [2.05, 4.69) is 20.3 Å². The smallest absolute Gasteiger partial charge is 0.255 e. The third-order valence-corrected chi connectivity index (χ3v) is 4.22. The number of aromatic nitrogens is 3. The second-order valence-electron chi connectivity index (χ2n) is 5.43. The van der Waals surface area contributed by atoms with Crippen molar-refractivity contribution in [2.75, 3.05) is 18.9 Å². The fourth-order valence-electron chi connectivity index (χ4n) is 2.19. The summed E-state index contributed by atoms with van der Waals surface area (Å²) in [5.41, 5.74) is 1.58. The normalized spacial score (nSPS) is 10.3. The second-order valence-corrected chi connectivity index (χ2v) is 6.29. The summed E-state index contributed by atoms with van der Waals surface area (Å²) in [5, 5.41) is 4.94. The molecule has 0 aromatic carbocycles. The minimum absolute atomic E-state index is 0.139. The summed E-state index contributed by atoms with van der Waals surface area (Å²) in [4.78, 5) is 47.5. The molecule has 0 saturated carbocycles. The molecule has 0 saturated heterocycles. The summed E-state index contributed by atoms with van der Waals surface area (Å²) >= 11 is 1.29. The SMILES string of the molecule is CN(CC(=O)Nc1nc(-c2cccnc2)cs1)C(=O)c1ccc(=O)[nH]c1. The molecular formula is C17H15N5O3S. The van der Waals surface area contributed by atoms with Gasteiger partial charge in [0.2, 0.25) is 11.5 Å². The van der Waals surface area contributed by atoms with Crippen molar-refractivity contribution in [1.29, 1.82) is 0 Å². The van der Waals surface area contributed by atoms with Crippen LogP contribution in [0.1, 0.15) is 10.4 Å². The highest BCUT2D eigenvalue weighted by Gasteiger charge is 2.16. The Morgan fingerprint density at radius 1 is 1.31 bits per heavy atom. The number of carbonyl (C=O) groups excluding carboxylic acids is 2. The average molecular weight is 369 g/mol. The molecular weight excluding hydrogens is 354 g/mol. The van der Waals surface area contributed by atoms with Gasteiger partial charge in [0.05, 0.1) is 17.8 Å². The summed E-state index contributed by atoms with van der Waals surface area (Å²) < 4.78 is 0. The number of H-pyrrole nitrogens is 1. The quantitative estimate of drug-likeness (QED) is 0.710. The van der Waals surface area contributed by atoms with Crippen LogP contribution >= 0.6 is 11.3 Å². The van der Waals surface area contributed by atoms with Crippen molar-refractivity contribution >= 4 is 28.3 Å². The lowest BCUT2D eigenvalue weighted by atomic mass is 10.2. The summed E-state index contributed by atoms with van der Waals surface area (Å²) in [7, 11) is 1.51. The monoisotopic (exact) mass is 369 g/mol. The van der Waals surface area contributed by atoms with Gasteiger partial charge in [0.1, 0.15) is 0 Å². The summed E-state index contributed by atoms with van der Waals surface area (Å²) in [6.45, 7) is -0.139. The van der Waals surface area contributed by atoms with Crippen molar-refractivity contribution in [1.82, 2.24) is 19.9 Å². The van der Waals surface area contributed by atoms with Crippen LogP contribution in [0.15, 0.2) is 53.0 Å². The van der Waals surface area contributed by atoms with Gasteiger partial charge in [-0.3, -0.25) is 19.4 Å². The lowest BCUT2D eigenvalue weighted by Gasteiger charge is -2.16. The Labute approximate surface area is 152 Å². The van der Waals surface area contributed by atoms with Crippen molar-refractivity contribution in [3.05, 3.63) is 64.2 Å². The van der Waals surface area contributed by atoms with E-state index in [0.29, 0.717) is 10.7 Å². The summed E-state index contributed by atoms with van der Waals surface area (Å²) in [6, 6.07) is 6.36. The van der Waals surface area contributed by atoms with E-state index in [1.165, 1.54) is 41.6 Å². The largest absolute Gasteiger partial charge is 0.332 e. The number of likely N-dealkylation sites (N-methyl/N-ethyl adjacent to an activating group) is 1. The molecule has 2 N–H and O–H groups in total.